The summed E-state index contributed by atoms with van der Waals surface area (Å²) in [5, 5.41) is 7.75. The van der Waals surface area contributed by atoms with E-state index in [1.807, 2.05) is 6.92 Å². The average molecular weight is 319 g/mol. The van der Waals surface area contributed by atoms with E-state index in [0.29, 0.717) is 17.7 Å². The molecule has 128 valence electrons. The highest BCUT2D eigenvalue weighted by Gasteiger charge is 2.31. The van der Waals surface area contributed by atoms with Crippen LogP contribution in [-0.4, -0.2) is 29.9 Å². The third kappa shape index (κ3) is 4.01. The Morgan fingerprint density at radius 3 is 2.70 bits per heavy atom. The van der Waals surface area contributed by atoms with Gasteiger partial charge in [0.25, 0.3) is 0 Å². The highest BCUT2D eigenvalue weighted by Crippen LogP contribution is 2.33. The van der Waals surface area contributed by atoms with E-state index >= 15 is 0 Å². The molecule has 0 spiro atoms. The van der Waals surface area contributed by atoms with Gasteiger partial charge in [-0.05, 0) is 57.3 Å². The minimum atomic E-state index is 0.141. The largest absolute Gasteiger partial charge is 0.381 e. The quantitative estimate of drug-likeness (QED) is 0.843. The van der Waals surface area contributed by atoms with Crippen LogP contribution in [0, 0.1) is 24.7 Å². The van der Waals surface area contributed by atoms with Crippen molar-refractivity contribution < 1.29 is 9.26 Å². The van der Waals surface area contributed by atoms with Crippen molar-refractivity contribution in [3.63, 3.8) is 0 Å². The zero-order valence-electron chi connectivity index (χ0n) is 14.5. The van der Waals surface area contributed by atoms with E-state index in [9.17, 15) is 0 Å². The number of nitrogens with one attached hydrogen (secondary N) is 1. The molecular formula is C18H29N3O2. The number of aromatic nitrogens is 2. The number of allylic oxidation sites excluding steroid dienone is 1. The Hall–Kier alpha value is -1.20. The lowest BCUT2D eigenvalue weighted by Crippen LogP contribution is -2.37. The summed E-state index contributed by atoms with van der Waals surface area (Å²) < 4.78 is 11.0. The van der Waals surface area contributed by atoms with Gasteiger partial charge in [-0.3, -0.25) is 0 Å². The molecule has 5 heteroatoms. The zero-order valence-corrected chi connectivity index (χ0v) is 14.5. The van der Waals surface area contributed by atoms with Crippen molar-refractivity contribution in [1.82, 2.24) is 15.5 Å². The van der Waals surface area contributed by atoms with Crippen LogP contribution < -0.4 is 5.32 Å². The maximum Gasteiger partial charge on any atom is 0.244 e. The van der Waals surface area contributed by atoms with E-state index in [4.69, 9.17) is 9.26 Å². The average Bonchev–Trinajstić information content (AvgIpc) is 2.97. The molecule has 1 saturated heterocycles. The summed E-state index contributed by atoms with van der Waals surface area (Å²) in [6.07, 6.45) is 7.00. The van der Waals surface area contributed by atoms with Crippen molar-refractivity contribution >= 4 is 0 Å². The summed E-state index contributed by atoms with van der Waals surface area (Å²) in [6, 6.07) is 0.141. The first-order valence-electron chi connectivity index (χ1n) is 8.93. The van der Waals surface area contributed by atoms with Gasteiger partial charge < -0.3 is 14.6 Å². The van der Waals surface area contributed by atoms with Crippen LogP contribution in [0.15, 0.2) is 16.2 Å². The molecule has 1 aliphatic heterocycles. The summed E-state index contributed by atoms with van der Waals surface area (Å²) in [5.74, 6) is 3.29. The molecule has 0 saturated carbocycles. The van der Waals surface area contributed by atoms with Crippen LogP contribution in [0.4, 0.5) is 0 Å². The number of ether oxygens (including phenoxy) is 1. The van der Waals surface area contributed by atoms with Crippen molar-refractivity contribution in [2.45, 2.75) is 52.5 Å². The number of rotatable bonds is 5. The first-order valence-corrected chi connectivity index (χ1v) is 8.93. The van der Waals surface area contributed by atoms with Crippen LogP contribution in [0.3, 0.4) is 0 Å². The second kappa shape index (κ2) is 7.58. The molecule has 1 aliphatic carbocycles. The molecule has 3 rings (SSSR count). The highest BCUT2D eigenvalue weighted by molar-refractivity contribution is 5.10. The molecule has 1 fully saturated rings. The normalized spacial score (nSPS) is 27.7. The molecule has 0 aromatic carbocycles. The summed E-state index contributed by atoms with van der Waals surface area (Å²) in [6.45, 7) is 9.14. The summed E-state index contributed by atoms with van der Waals surface area (Å²) in [5.41, 5.74) is 1.52. The van der Waals surface area contributed by atoms with Crippen LogP contribution in [0.25, 0.3) is 0 Å². The first kappa shape index (κ1) is 16.7. The molecule has 3 atom stereocenters. The van der Waals surface area contributed by atoms with Gasteiger partial charge in [-0.1, -0.05) is 23.7 Å². The van der Waals surface area contributed by atoms with Gasteiger partial charge in [0.15, 0.2) is 5.82 Å². The number of nitrogens with zero attached hydrogens (tertiary/aromatic N) is 2. The summed E-state index contributed by atoms with van der Waals surface area (Å²) in [7, 11) is 0. The van der Waals surface area contributed by atoms with Gasteiger partial charge in [0.05, 0.1) is 6.04 Å². The molecule has 3 unspecified atom stereocenters. The second-order valence-corrected chi connectivity index (χ2v) is 7.12. The Kier molecular flexibility index (Phi) is 5.49. The van der Waals surface area contributed by atoms with Crippen molar-refractivity contribution in [1.29, 1.82) is 0 Å². The van der Waals surface area contributed by atoms with Crippen LogP contribution in [-0.2, 0) is 4.74 Å². The fourth-order valence-corrected chi connectivity index (χ4v) is 3.94. The molecule has 23 heavy (non-hydrogen) atoms. The van der Waals surface area contributed by atoms with E-state index in [2.05, 4.69) is 35.4 Å². The fourth-order valence-electron chi connectivity index (χ4n) is 3.94. The molecule has 0 bridgehead atoms. The Morgan fingerprint density at radius 1 is 1.26 bits per heavy atom. The summed E-state index contributed by atoms with van der Waals surface area (Å²) in [4.78, 5) is 4.49. The van der Waals surface area contributed by atoms with Crippen molar-refractivity contribution in [2.75, 3.05) is 19.8 Å². The third-order valence-electron chi connectivity index (χ3n) is 5.46. The second-order valence-electron chi connectivity index (χ2n) is 7.12. The van der Waals surface area contributed by atoms with E-state index in [1.54, 1.807) is 0 Å². The maximum atomic E-state index is 5.52. The maximum absolute atomic E-state index is 5.52. The topological polar surface area (TPSA) is 60.2 Å². The molecule has 1 aromatic heterocycles. The van der Waals surface area contributed by atoms with Crippen molar-refractivity contribution in [3.05, 3.63) is 23.4 Å². The zero-order chi connectivity index (χ0) is 16.2. The number of aryl methyl sites for hydroxylation is 1. The lowest BCUT2D eigenvalue weighted by Gasteiger charge is -2.33. The molecular weight excluding hydrogens is 290 g/mol. The lowest BCUT2D eigenvalue weighted by atomic mass is 9.79. The molecule has 1 aromatic rings. The Bertz CT molecular complexity index is 534. The van der Waals surface area contributed by atoms with E-state index in [0.717, 1.165) is 44.4 Å². The Labute approximate surface area is 138 Å². The van der Waals surface area contributed by atoms with Gasteiger partial charge in [0, 0.05) is 19.8 Å². The van der Waals surface area contributed by atoms with Crippen LogP contribution in [0.2, 0.25) is 0 Å². The lowest BCUT2D eigenvalue weighted by molar-refractivity contribution is 0.0479. The van der Waals surface area contributed by atoms with Crippen LogP contribution in [0.1, 0.15) is 57.3 Å². The summed E-state index contributed by atoms with van der Waals surface area (Å²) >= 11 is 0. The van der Waals surface area contributed by atoms with E-state index < -0.39 is 0 Å². The number of hydrogen-bond acceptors (Lipinski definition) is 5. The predicted octanol–water partition coefficient (Wildman–Crippen LogP) is 3.43. The van der Waals surface area contributed by atoms with Crippen molar-refractivity contribution in [3.8, 4) is 0 Å². The van der Waals surface area contributed by atoms with Gasteiger partial charge in [-0.2, -0.15) is 4.98 Å². The van der Waals surface area contributed by atoms with E-state index in [1.165, 1.54) is 18.4 Å². The molecule has 0 radical (unpaired) electrons. The van der Waals surface area contributed by atoms with Crippen LogP contribution in [0.5, 0.6) is 0 Å². The highest BCUT2D eigenvalue weighted by atomic mass is 16.5. The van der Waals surface area contributed by atoms with Gasteiger partial charge in [0.1, 0.15) is 0 Å². The molecule has 2 aliphatic rings. The number of hydrogen-bond donors (Lipinski definition) is 1. The van der Waals surface area contributed by atoms with Crippen LogP contribution >= 0.6 is 0 Å². The Morgan fingerprint density at radius 2 is 2.04 bits per heavy atom. The van der Waals surface area contributed by atoms with Crippen molar-refractivity contribution in [2.24, 2.45) is 17.8 Å². The molecule has 2 heterocycles. The standard InChI is InChI=1S/C18H29N3O2/c1-12-5-4-6-13(2)16(12)11-19-17(15-7-9-22-10-8-15)18-20-14(3)21-23-18/h5,13,15-17,19H,4,6-11H2,1-3H3. The van der Waals surface area contributed by atoms with E-state index in [-0.39, 0.29) is 6.04 Å². The van der Waals surface area contributed by atoms with Gasteiger partial charge >= 0.3 is 0 Å². The fraction of sp³-hybridized carbons (Fsp3) is 0.778. The Balaban J connectivity index is 1.70. The minimum Gasteiger partial charge on any atom is -0.381 e. The van der Waals surface area contributed by atoms with Gasteiger partial charge in [-0.25, -0.2) is 0 Å². The molecule has 1 N–H and O–H groups in total. The molecule has 0 amide bonds. The minimum absolute atomic E-state index is 0.141. The monoisotopic (exact) mass is 319 g/mol. The predicted molar refractivity (Wildman–Crippen MR) is 89.0 cm³/mol. The third-order valence-corrected chi connectivity index (χ3v) is 5.46. The molecule has 5 nitrogen and oxygen atoms in total. The SMILES string of the molecule is CC1=CCCC(C)C1CNC(c1nc(C)no1)C1CCOCC1. The van der Waals surface area contributed by atoms with Gasteiger partial charge in [0.2, 0.25) is 5.89 Å². The van der Waals surface area contributed by atoms with Gasteiger partial charge in [-0.15, -0.1) is 0 Å². The smallest absolute Gasteiger partial charge is 0.244 e. The first-order chi connectivity index (χ1) is 11.1.